The molecule has 0 radical (unpaired) electrons. The van der Waals surface area contributed by atoms with Gasteiger partial charge in [-0.05, 0) is 45.6 Å². The number of rotatable bonds is 7. The molecular weight excluding hydrogens is 274 g/mol. The fraction of sp³-hybridized carbons (Fsp3) is 0.533. The molecule has 1 amide bonds. The molecule has 1 unspecified atom stereocenters. The molecule has 0 bridgehead atoms. The molecule has 1 aromatic carbocycles. The number of nitrogens with one attached hydrogen (secondary N) is 2. The summed E-state index contributed by atoms with van der Waals surface area (Å²) in [4.78, 5) is 14.3. The topological polar surface area (TPSA) is 44.4 Å². The van der Waals surface area contributed by atoms with Gasteiger partial charge in [-0.1, -0.05) is 18.5 Å². The van der Waals surface area contributed by atoms with Crippen molar-refractivity contribution in [2.75, 3.05) is 32.5 Å². The molecule has 4 nitrogen and oxygen atoms in total. The van der Waals surface area contributed by atoms with Gasteiger partial charge in [0.15, 0.2) is 0 Å². The third kappa shape index (κ3) is 5.02. The Bertz CT molecular complexity index is 449. The van der Waals surface area contributed by atoms with Gasteiger partial charge < -0.3 is 15.5 Å². The van der Waals surface area contributed by atoms with E-state index in [4.69, 9.17) is 11.6 Å². The summed E-state index contributed by atoms with van der Waals surface area (Å²) in [6.45, 7) is 5.58. The van der Waals surface area contributed by atoms with Crippen LogP contribution in [0.1, 0.15) is 30.6 Å². The number of carbonyl (C=O) groups excluding carboxylic acids is 1. The van der Waals surface area contributed by atoms with Crippen LogP contribution >= 0.6 is 11.6 Å². The van der Waals surface area contributed by atoms with E-state index < -0.39 is 0 Å². The van der Waals surface area contributed by atoms with Crippen molar-refractivity contribution in [2.45, 2.75) is 26.3 Å². The van der Waals surface area contributed by atoms with E-state index in [-0.39, 0.29) is 11.9 Å². The summed E-state index contributed by atoms with van der Waals surface area (Å²) >= 11 is 5.99. The summed E-state index contributed by atoms with van der Waals surface area (Å²) in [5.41, 5.74) is 1.42. The highest BCUT2D eigenvalue weighted by Gasteiger charge is 2.13. The molecule has 0 heterocycles. The molecule has 1 atom stereocenters. The number of amides is 1. The largest absolute Gasteiger partial charge is 0.384 e. The summed E-state index contributed by atoms with van der Waals surface area (Å²) in [6.07, 6.45) is 1.00. The van der Waals surface area contributed by atoms with Crippen LogP contribution in [0, 0.1) is 0 Å². The molecule has 0 saturated heterocycles. The van der Waals surface area contributed by atoms with Crippen LogP contribution in [0.2, 0.25) is 5.02 Å². The minimum Gasteiger partial charge on any atom is -0.384 e. The predicted octanol–water partition coefficient (Wildman–Crippen LogP) is 2.84. The fourth-order valence-corrected chi connectivity index (χ4v) is 1.81. The number of hydrogen-bond donors (Lipinski definition) is 2. The number of halogens is 1. The zero-order valence-corrected chi connectivity index (χ0v) is 13.4. The van der Waals surface area contributed by atoms with E-state index in [1.54, 1.807) is 12.1 Å². The number of anilines is 1. The van der Waals surface area contributed by atoms with Crippen molar-refractivity contribution in [1.29, 1.82) is 0 Å². The molecule has 112 valence electrons. The first-order valence-corrected chi connectivity index (χ1v) is 7.31. The Morgan fingerprint density at radius 2 is 2.10 bits per heavy atom. The van der Waals surface area contributed by atoms with Gasteiger partial charge in [0, 0.05) is 29.8 Å². The van der Waals surface area contributed by atoms with Gasteiger partial charge in [-0.2, -0.15) is 0 Å². The molecule has 1 rings (SSSR count). The Labute approximate surface area is 126 Å². The number of hydrogen-bond acceptors (Lipinski definition) is 3. The van der Waals surface area contributed by atoms with Gasteiger partial charge in [-0.25, -0.2) is 0 Å². The normalized spacial score (nSPS) is 12.3. The van der Waals surface area contributed by atoms with Gasteiger partial charge in [-0.15, -0.1) is 0 Å². The maximum absolute atomic E-state index is 12.3. The van der Waals surface area contributed by atoms with E-state index in [2.05, 4.69) is 29.4 Å². The highest BCUT2D eigenvalue weighted by atomic mass is 35.5. The van der Waals surface area contributed by atoms with Crippen molar-refractivity contribution >= 4 is 23.2 Å². The van der Waals surface area contributed by atoms with Gasteiger partial charge >= 0.3 is 0 Å². The second-order valence-corrected chi connectivity index (χ2v) is 5.58. The molecule has 2 N–H and O–H groups in total. The van der Waals surface area contributed by atoms with E-state index in [0.29, 0.717) is 17.1 Å². The smallest absolute Gasteiger partial charge is 0.253 e. The minimum atomic E-state index is -0.0974. The van der Waals surface area contributed by atoms with Crippen LogP contribution in [-0.4, -0.2) is 44.0 Å². The summed E-state index contributed by atoms with van der Waals surface area (Å²) in [7, 11) is 3.98. The molecule has 0 aromatic heterocycles. The molecule has 0 fully saturated rings. The van der Waals surface area contributed by atoms with Crippen molar-refractivity contribution in [3.63, 3.8) is 0 Å². The van der Waals surface area contributed by atoms with Crippen LogP contribution in [0.4, 0.5) is 5.69 Å². The van der Waals surface area contributed by atoms with E-state index in [1.165, 1.54) is 0 Å². The quantitative estimate of drug-likeness (QED) is 0.813. The maximum atomic E-state index is 12.3. The SMILES string of the molecule is CCCNc1ccc(Cl)cc1C(=O)NCC(C)N(C)C. The van der Waals surface area contributed by atoms with Crippen molar-refractivity contribution in [2.24, 2.45) is 0 Å². The lowest BCUT2D eigenvalue weighted by Gasteiger charge is -2.20. The van der Waals surface area contributed by atoms with Gasteiger partial charge in [0.2, 0.25) is 0 Å². The second kappa shape index (κ2) is 8.12. The first-order chi connectivity index (χ1) is 9.45. The van der Waals surface area contributed by atoms with Gasteiger partial charge in [0.05, 0.1) is 5.56 Å². The van der Waals surface area contributed by atoms with E-state index in [9.17, 15) is 4.79 Å². The van der Waals surface area contributed by atoms with Crippen LogP contribution in [0.25, 0.3) is 0 Å². The fourth-order valence-electron chi connectivity index (χ4n) is 1.64. The molecule has 0 aliphatic rings. The van der Waals surface area contributed by atoms with Crippen molar-refractivity contribution in [3.8, 4) is 0 Å². The van der Waals surface area contributed by atoms with Crippen molar-refractivity contribution < 1.29 is 4.79 Å². The van der Waals surface area contributed by atoms with Crippen LogP contribution in [-0.2, 0) is 0 Å². The van der Waals surface area contributed by atoms with Crippen LogP contribution in [0.15, 0.2) is 18.2 Å². The van der Waals surface area contributed by atoms with Crippen LogP contribution in [0.3, 0.4) is 0 Å². The molecular formula is C15H24ClN3O. The lowest BCUT2D eigenvalue weighted by molar-refractivity contribution is 0.0944. The average molecular weight is 298 g/mol. The molecule has 0 aliphatic heterocycles. The monoisotopic (exact) mass is 297 g/mol. The zero-order chi connectivity index (χ0) is 15.1. The highest BCUT2D eigenvalue weighted by Crippen LogP contribution is 2.20. The van der Waals surface area contributed by atoms with Crippen molar-refractivity contribution in [1.82, 2.24) is 10.2 Å². The lowest BCUT2D eigenvalue weighted by atomic mass is 10.1. The van der Waals surface area contributed by atoms with E-state index >= 15 is 0 Å². The summed E-state index contributed by atoms with van der Waals surface area (Å²) in [6, 6.07) is 5.63. The molecule has 0 saturated carbocycles. The molecule has 1 aromatic rings. The minimum absolute atomic E-state index is 0.0974. The summed E-state index contributed by atoms with van der Waals surface area (Å²) < 4.78 is 0. The third-order valence-electron chi connectivity index (χ3n) is 3.23. The van der Waals surface area contributed by atoms with E-state index in [0.717, 1.165) is 18.7 Å². The van der Waals surface area contributed by atoms with Crippen LogP contribution < -0.4 is 10.6 Å². The average Bonchev–Trinajstić information content (AvgIpc) is 2.42. The van der Waals surface area contributed by atoms with Crippen LogP contribution in [0.5, 0.6) is 0 Å². The Morgan fingerprint density at radius 3 is 2.70 bits per heavy atom. The first kappa shape index (κ1) is 16.8. The van der Waals surface area contributed by atoms with Gasteiger partial charge in [-0.3, -0.25) is 4.79 Å². The molecule has 0 aliphatic carbocycles. The lowest BCUT2D eigenvalue weighted by Crippen LogP contribution is -2.38. The van der Waals surface area contributed by atoms with Gasteiger partial charge in [0.25, 0.3) is 5.91 Å². The first-order valence-electron chi connectivity index (χ1n) is 6.93. The maximum Gasteiger partial charge on any atom is 0.253 e. The molecule has 5 heteroatoms. The molecule has 20 heavy (non-hydrogen) atoms. The number of likely N-dealkylation sites (N-methyl/N-ethyl adjacent to an activating group) is 1. The Balaban J connectivity index is 2.77. The standard InChI is InChI=1S/C15H24ClN3O/c1-5-8-17-14-7-6-12(16)9-13(14)15(20)18-10-11(2)19(3)4/h6-7,9,11,17H,5,8,10H2,1-4H3,(H,18,20). The summed E-state index contributed by atoms with van der Waals surface area (Å²) in [5.74, 6) is -0.0974. The van der Waals surface area contributed by atoms with Crippen molar-refractivity contribution in [3.05, 3.63) is 28.8 Å². The molecule has 0 spiro atoms. The Morgan fingerprint density at radius 1 is 1.40 bits per heavy atom. The third-order valence-corrected chi connectivity index (χ3v) is 3.47. The Kier molecular flexibility index (Phi) is 6.82. The highest BCUT2D eigenvalue weighted by molar-refractivity contribution is 6.31. The Hall–Kier alpha value is -1.26. The van der Waals surface area contributed by atoms with Gasteiger partial charge in [0.1, 0.15) is 0 Å². The second-order valence-electron chi connectivity index (χ2n) is 5.14. The number of nitrogens with zero attached hydrogens (tertiary/aromatic N) is 1. The number of carbonyl (C=O) groups is 1. The zero-order valence-electron chi connectivity index (χ0n) is 12.7. The number of benzene rings is 1. The predicted molar refractivity (Wildman–Crippen MR) is 85.7 cm³/mol. The van der Waals surface area contributed by atoms with E-state index in [1.807, 2.05) is 20.2 Å². The summed E-state index contributed by atoms with van der Waals surface area (Å²) in [5, 5.41) is 6.76.